The van der Waals surface area contributed by atoms with E-state index in [2.05, 4.69) is 4.98 Å². The quantitative estimate of drug-likeness (QED) is 0.518. The van der Waals surface area contributed by atoms with E-state index < -0.39 is 52.0 Å². The Bertz CT molecular complexity index is 1350. The van der Waals surface area contributed by atoms with E-state index in [0.29, 0.717) is 4.57 Å². The summed E-state index contributed by atoms with van der Waals surface area (Å²) in [5.41, 5.74) is -8.14. The first kappa shape index (κ1) is 21.0. The minimum Gasteiger partial charge on any atom is -0.326 e. The summed E-state index contributed by atoms with van der Waals surface area (Å²) in [6.07, 6.45) is -3.18. The number of benzene rings is 1. The second kappa shape index (κ2) is 7.14. The van der Waals surface area contributed by atoms with Crippen molar-refractivity contribution in [3.05, 3.63) is 86.6 Å². The van der Waals surface area contributed by atoms with Crippen LogP contribution >= 0.6 is 0 Å². The number of carbonyl (C=O) groups excluding carboxylic acids is 2. The second-order valence-corrected chi connectivity index (χ2v) is 6.69. The van der Waals surface area contributed by atoms with Crippen LogP contribution in [0.3, 0.4) is 0 Å². The van der Waals surface area contributed by atoms with Crippen molar-refractivity contribution >= 4 is 17.6 Å². The molecule has 0 fully saturated rings. The number of aromatic amines is 1. The van der Waals surface area contributed by atoms with Crippen molar-refractivity contribution in [3.63, 3.8) is 0 Å². The highest BCUT2D eigenvalue weighted by Crippen LogP contribution is 2.45. The molecule has 0 radical (unpaired) electrons. The van der Waals surface area contributed by atoms with Crippen molar-refractivity contribution < 1.29 is 27.2 Å². The lowest BCUT2D eigenvalue weighted by Gasteiger charge is -2.30. The van der Waals surface area contributed by atoms with E-state index in [1.807, 2.05) is 5.32 Å². The van der Waals surface area contributed by atoms with Gasteiger partial charge in [0.2, 0.25) is 0 Å². The molecule has 0 aliphatic carbocycles. The molecule has 13 heteroatoms. The predicted octanol–water partition coefficient (Wildman–Crippen LogP) is 1.20. The van der Waals surface area contributed by atoms with E-state index in [4.69, 9.17) is 0 Å². The fourth-order valence-corrected chi connectivity index (χ4v) is 3.36. The number of anilines is 1. The standard InChI is InChI=1S/C19H11F4N5O4/c20-10-1-3-11(4-2-10)28-13-12(15(30)26-17(28)32)18(16(31)25-13,19(21,22)23)27-14(29)9-5-7-24-8-6-9/h1-8H,(H,25,31)(H,27,29)(H,26,30,32)/t18-/m1/s1. The van der Waals surface area contributed by atoms with Crippen LogP contribution in [0.5, 0.6) is 0 Å². The van der Waals surface area contributed by atoms with Gasteiger partial charge in [-0.15, -0.1) is 0 Å². The molecule has 0 saturated carbocycles. The summed E-state index contributed by atoms with van der Waals surface area (Å²) in [5.74, 6) is -4.61. The number of hydrogen-bond acceptors (Lipinski definition) is 5. The van der Waals surface area contributed by atoms with Crippen LogP contribution in [0.1, 0.15) is 15.9 Å². The molecule has 0 spiro atoms. The number of hydrogen-bond donors (Lipinski definition) is 3. The van der Waals surface area contributed by atoms with Gasteiger partial charge in [0, 0.05) is 18.0 Å². The molecule has 3 N–H and O–H groups in total. The average molecular weight is 449 g/mol. The lowest BCUT2D eigenvalue weighted by Crippen LogP contribution is -2.62. The van der Waals surface area contributed by atoms with Crippen molar-refractivity contribution in [2.24, 2.45) is 0 Å². The summed E-state index contributed by atoms with van der Waals surface area (Å²) in [7, 11) is 0. The van der Waals surface area contributed by atoms with Gasteiger partial charge in [-0.1, -0.05) is 0 Å². The third-order valence-corrected chi connectivity index (χ3v) is 4.81. The molecule has 1 aromatic carbocycles. The SMILES string of the molecule is O=C(N[C@@]1(C(F)(F)F)C(=O)Nc2c1c(=O)[nH]c(=O)n2-c1ccc(F)cc1)c1ccncc1. The van der Waals surface area contributed by atoms with Crippen LogP contribution in [0.15, 0.2) is 58.4 Å². The molecule has 0 saturated heterocycles. The maximum absolute atomic E-state index is 14.3. The van der Waals surface area contributed by atoms with Crippen LogP contribution in [-0.2, 0) is 10.3 Å². The molecule has 9 nitrogen and oxygen atoms in total. The third kappa shape index (κ3) is 3.05. The summed E-state index contributed by atoms with van der Waals surface area (Å²) in [5, 5.41) is 3.48. The van der Waals surface area contributed by atoms with Gasteiger partial charge in [-0.05, 0) is 36.4 Å². The van der Waals surface area contributed by atoms with Crippen molar-refractivity contribution in [1.82, 2.24) is 19.9 Å². The lowest BCUT2D eigenvalue weighted by molar-refractivity contribution is -0.196. The molecular weight excluding hydrogens is 438 g/mol. The Labute approximate surface area is 174 Å². The Morgan fingerprint density at radius 3 is 2.25 bits per heavy atom. The number of amides is 2. The highest BCUT2D eigenvalue weighted by molar-refractivity contribution is 6.09. The number of halogens is 4. The molecule has 1 aliphatic rings. The first-order chi connectivity index (χ1) is 15.1. The molecule has 164 valence electrons. The maximum Gasteiger partial charge on any atom is 0.425 e. The molecule has 1 atom stereocenters. The van der Waals surface area contributed by atoms with Gasteiger partial charge in [-0.3, -0.25) is 24.4 Å². The number of carbonyl (C=O) groups is 2. The number of nitrogens with one attached hydrogen (secondary N) is 3. The van der Waals surface area contributed by atoms with E-state index in [9.17, 15) is 36.7 Å². The van der Waals surface area contributed by atoms with Crippen LogP contribution in [0, 0.1) is 5.82 Å². The number of pyridine rings is 1. The molecule has 32 heavy (non-hydrogen) atoms. The van der Waals surface area contributed by atoms with E-state index in [1.54, 1.807) is 10.3 Å². The van der Waals surface area contributed by atoms with Gasteiger partial charge in [0.1, 0.15) is 17.2 Å². The van der Waals surface area contributed by atoms with E-state index in [1.165, 1.54) is 0 Å². The summed E-state index contributed by atoms with van der Waals surface area (Å²) < 4.78 is 56.8. The number of H-pyrrole nitrogens is 1. The minimum absolute atomic E-state index is 0.136. The molecule has 3 aromatic rings. The molecule has 3 heterocycles. The molecule has 1 aliphatic heterocycles. The molecule has 2 amide bonds. The summed E-state index contributed by atoms with van der Waals surface area (Å²) in [4.78, 5) is 55.5. The van der Waals surface area contributed by atoms with Gasteiger partial charge in [0.25, 0.3) is 22.9 Å². The maximum atomic E-state index is 14.3. The Morgan fingerprint density at radius 1 is 1.03 bits per heavy atom. The number of alkyl halides is 3. The van der Waals surface area contributed by atoms with Gasteiger partial charge < -0.3 is 10.6 Å². The zero-order valence-electron chi connectivity index (χ0n) is 15.7. The largest absolute Gasteiger partial charge is 0.425 e. The smallest absolute Gasteiger partial charge is 0.326 e. The summed E-state index contributed by atoms with van der Waals surface area (Å²) in [6.45, 7) is 0. The Balaban J connectivity index is 1.98. The third-order valence-electron chi connectivity index (χ3n) is 4.81. The zero-order chi connectivity index (χ0) is 23.3. The van der Waals surface area contributed by atoms with Crippen LogP contribution in [-0.4, -0.2) is 32.5 Å². The van der Waals surface area contributed by atoms with Crippen molar-refractivity contribution in [3.8, 4) is 5.69 Å². The molecule has 2 aromatic heterocycles. The Morgan fingerprint density at radius 2 is 1.66 bits per heavy atom. The molecule has 0 unspecified atom stereocenters. The van der Waals surface area contributed by atoms with Crippen molar-refractivity contribution in [1.29, 1.82) is 0 Å². The van der Waals surface area contributed by atoms with Crippen molar-refractivity contribution in [2.75, 3.05) is 5.32 Å². The van der Waals surface area contributed by atoms with E-state index >= 15 is 0 Å². The van der Waals surface area contributed by atoms with Crippen LogP contribution in [0.2, 0.25) is 0 Å². The fraction of sp³-hybridized carbons (Fsp3) is 0.105. The van der Waals surface area contributed by atoms with E-state index in [0.717, 1.165) is 48.8 Å². The predicted molar refractivity (Wildman–Crippen MR) is 101 cm³/mol. The van der Waals surface area contributed by atoms with Crippen LogP contribution in [0.4, 0.5) is 23.4 Å². The number of aromatic nitrogens is 3. The average Bonchev–Trinajstić information content (AvgIpc) is 3.03. The number of fused-ring (bicyclic) bond motifs is 1. The van der Waals surface area contributed by atoms with E-state index in [-0.39, 0.29) is 11.3 Å². The first-order valence-electron chi connectivity index (χ1n) is 8.83. The Kier molecular flexibility index (Phi) is 4.68. The number of rotatable bonds is 3. The normalized spacial score (nSPS) is 17.6. The highest BCUT2D eigenvalue weighted by atomic mass is 19.4. The Hall–Kier alpha value is -4.29. The summed E-state index contributed by atoms with van der Waals surface area (Å²) in [6, 6.07) is 6.19. The number of nitrogens with zero attached hydrogens (tertiary/aromatic N) is 2. The van der Waals surface area contributed by atoms with Crippen LogP contribution in [0.25, 0.3) is 5.69 Å². The monoisotopic (exact) mass is 449 g/mol. The van der Waals surface area contributed by atoms with Gasteiger partial charge in [-0.25, -0.2) is 13.8 Å². The second-order valence-electron chi connectivity index (χ2n) is 6.69. The fourth-order valence-electron chi connectivity index (χ4n) is 3.36. The minimum atomic E-state index is -5.48. The van der Waals surface area contributed by atoms with Gasteiger partial charge in [0.05, 0.1) is 5.69 Å². The van der Waals surface area contributed by atoms with Gasteiger partial charge in [0.15, 0.2) is 0 Å². The zero-order valence-corrected chi connectivity index (χ0v) is 15.7. The molecule has 4 rings (SSSR count). The first-order valence-corrected chi connectivity index (χ1v) is 8.83. The molecular formula is C19H11F4N5O4. The van der Waals surface area contributed by atoms with Gasteiger partial charge in [-0.2, -0.15) is 13.2 Å². The highest BCUT2D eigenvalue weighted by Gasteiger charge is 2.68. The summed E-state index contributed by atoms with van der Waals surface area (Å²) >= 11 is 0. The topological polar surface area (TPSA) is 126 Å². The molecule has 0 bridgehead atoms. The van der Waals surface area contributed by atoms with Crippen LogP contribution < -0.4 is 21.9 Å². The van der Waals surface area contributed by atoms with Gasteiger partial charge >= 0.3 is 11.9 Å². The lowest BCUT2D eigenvalue weighted by atomic mass is 9.91. The van der Waals surface area contributed by atoms with Crippen molar-refractivity contribution in [2.45, 2.75) is 11.7 Å².